The maximum atomic E-state index is 13.4. The molecule has 0 bridgehead atoms. The van der Waals surface area contributed by atoms with Crippen LogP contribution in [0, 0.1) is 17.1 Å². The van der Waals surface area contributed by atoms with E-state index in [1.807, 2.05) is 35.7 Å². The summed E-state index contributed by atoms with van der Waals surface area (Å²) in [6.45, 7) is 0. The van der Waals surface area contributed by atoms with E-state index in [4.69, 9.17) is 4.98 Å². The highest BCUT2D eigenvalue weighted by atomic mass is 32.2. The van der Waals surface area contributed by atoms with E-state index >= 15 is 0 Å². The SMILES string of the molecule is N#Cc1c(-c2ccc(F)cc2)cc(-c2cccs2)nc1SCc1ccncc1. The highest BCUT2D eigenvalue weighted by molar-refractivity contribution is 7.98. The molecule has 3 heterocycles. The average Bonchev–Trinajstić information content (AvgIpc) is 3.28. The highest BCUT2D eigenvalue weighted by Gasteiger charge is 2.16. The zero-order valence-electron chi connectivity index (χ0n) is 14.7. The summed E-state index contributed by atoms with van der Waals surface area (Å²) < 4.78 is 13.4. The van der Waals surface area contributed by atoms with E-state index in [2.05, 4.69) is 11.1 Å². The second-order valence-corrected chi connectivity index (χ2v) is 7.89. The van der Waals surface area contributed by atoms with Crippen LogP contribution in [0.15, 0.2) is 77.4 Å². The predicted octanol–water partition coefficient (Wildman–Crippen LogP) is 6.18. The Kier molecular flexibility index (Phi) is 5.47. The van der Waals surface area contributed by atoms with Crippen molar-refractivity contribution in [2.45, 2.75) is 10.8 Å². The van der Waals surface area contributed by atoms with Gasteiger partial charge in [-0.15, -0.1) is 23.1 Å². The third kappa shape index (κ3) is 3.96. The number of aromatic nitrogens is 2. The van der Waals surface area contributed by atoms with E-state index in [-0.39, 0.29) is 5.82 Å². The van der Waals surface area contributed by atoms with Gasteiger partial charge in [-0.1, -0.05) is 18.2 Å². The van der Waals surface area contributed by atoms with E-state index in [0.717, 1.165) is 27.3 Å². The first-order valence-electron chi connectivity index (χ1n) is 8.51. The maximum absolute atomic E-state index is 13.4. The summed E-state index contributed by atoms with van der Waals surface area (Å²) in [6.07, 6.45) is 3.50. The number of benzene rings is 1. The average molecular weight is 404 g/mol. The minimum absolute atomic E-state index is 0.304. The molecule has 0 spiro atoms. The van der Waals surface area contributed by atoms with E-state index < -0.39 is 0 Å². The zero-order valence-corrected chi connectivity index (χ0v) is 16.3. The normalized spacial score (nSPS) is 10.6. The minimum Gasteiger partial charge on any atom is -0.265 e. The summed E-state index contributed by atoms with van der Waals surface area (Å²) in [5, 5.41) is 12.5. The lowest BCUT2D eigenvalue weighted by Crippen LogP contribution is -1.96. The van der Waals surface area contributed by atoms with Crippen molar-refractivity contribution in [2.24, 2.45) is 0 Å². The van der Waals surface area contributed by atoms with Gasteiger partial charge < -0.3 is 0 Å². The second kappa shape index (κ2) is 8.34. The Morgan fingerprint density at radius 2 is 1.86 bits per heavy atom. The van der Waals surface area contributed by atoms with E-state index in [9.17, 15) is 9.65 Å². The topological polar surface area (TPSA) is 49.6 Å². The molecule has 0 unspecified atom stereocenters. The molecular weight excluding hydrogens is 389 g/mol. The van der Waals surface area contributed by atoms with Crippen LogP contribution in [0.5, 0.6) is 0 Å². The van der Waals surface area contributed by atoms with Gasteiger partial charge >= 0.3 is 0 Å². The molecule has 1 aromatic carbocycles. The predicted molar refractivity (Wildman–Crippen MR) is 111 cm³/mol. The van der Waals surface area contributed by atoms with Crippen LogP contribution in [0.2, 0.25) is 0 Å². The Morgan fingerprint density at radius 3 is 2.54 bits per heavy atom. The fourth-order valence-corrected chi connectivity index (χ4v) is 4.42. The van der Waals surface area contributed by atoms with Crippen LogP contribution in [0.3, 0.4) is 0 Å². The summed E-state index contributed by atoms with van der Waals surface area (Å²) in [6, 6.07) is 18.3. The van der Waals surface area contributed by atoms with Crippen molar-refractivity contribution in [3.05, 3.63) is 89.3 Å². The first-order chi connectivity index (χ1) is 13.7. The lowest BCUT2D eigenvalue weighted by Gasteiger charge is -2.12. The third-order valence-corrected chi connectivity index (χ3v) is 6.09. The Morgan fingerprint density at radius 1 is 1.07 bits per heavy atom. The number of nitrogens with zero attached hydrogens (tertiary/aromatic N) is 3. The largest absolute Gasteiger partial charge is 0.265 e. The summed E-state index contributed by atoms with van der Waals surface area (Å²) in [4.78, 5) is 9.83. The number of rotatable bonds is 5. The molecule has 4 rings (SSSR count). The minimum atomic E-state index is -0.304. The number of thiophene rings is 1. The quantitative estimate of drug-likeness (QED) is 0.374. The first-order valence-corrected chi connectivity index (χ1v) is 10.4. The number of nitriles is 1. The monoisotopic (exact) mass is 403 g/mol. The second-order valence-electron chi connectivity index (χ2n) is 5.98. The summed E-state index contributed by atoms with van der Waals surface area (Å²) in [5.41, 5.74) is 3.98. The number of hydrogen-bond acceptors (Lipinski definition) is 5. The number of hydrogen-bond donors (Lipinski definition) is 0. The fourth-order valence-electron chi connectivity index (χ4n) is 2.77. The lowest BCUT2D eigenvalue weighted by atomic mass is 10.0. The van der Waals surface area contributed by atoms with Crippen LogP contribution in [-0.4, -0.2) is 9.97 Å². The van der Waals surface area contributed by atoms with Gasteiger partial charge in [-0.3, -0.25) is 4.98 Å². The molecule has 136 valence electrons. The molecule has 3 aromatic heterocycles. The molecular formula is C22H14FN3S2. The number of halogens is 1. The van der Waals surface area contributed by atoms with Crippen LogP contribution >= 0.6 is 23.1 Å². The van der Waals surface area contributed by atoms with E-state index in [1.165, 1.54) is 23.9 Å². The van der Waals surface area contributed by atoms with Gasteiger partial charge in [-0.05, 0) is 52.9 Å². The first kappa shape index (κ1) is 18.4. The van der Waals surface area contributed by atoms with Gasteiger partial charge in [-0.2, -0.15) is 5.26 Å². The van der Waals surface area contributed by atoms with Crippen molar-refractivity contribution in [2.75, 3.05) is 0 Å². The van der Waals surface area contributed by atoms with E-state index in [0.29, 0.717) is 16.3 Å². The Bertz CT molecular complexity index is 1120. The third-order valence-electron chi connectivity index (χ3n) is 4.15. The van der Waals surface area contributed by atoms with Crippen molar-refractivity contribution in [3.63, 3.8) is 0 Å². The summed E-state index contributed by atoms with van der Waals surface area (Å²) in [5.74, 6) is 0.378. The molecule has 0 saturated heterocycles. The molecule has 3 nitrogen and oxygen atoms in total. The van der Waals surface area contributed by atoms with Crippen molar-refractivity contribution < 1.29 is 4.39 Å². The van der Waals surface area contributed by atoms with Gasteiger partial charge in [0.2, 0.25) is 0 Å². The number of pyridine rings is 2. The molecule has 0 fully saturated rings. The summed E-state index contributed by atoms with van der Waals surface area (Å²) >= 11 is 3.11. The van der Waals surface area contributed by atoms with Crippen LogP contribution in [0.4, 0.5) is 4.39 Å². The van der Waals surface area contributed by atoms with Gasteiger partial charge in [0.15, 0.2) is 0 Å². The molecule has 0 N–H and O–H groups in total. The van der Waals surface area contributed by atoms with Crippen molar-refractivity contribution in [1.29, 1.82) is 5.26 Å². The summed E-state index contributed by atoms with van der Waals surface area (Å²) in [7, 11) is 0. The Labute approximate surface area is 170 Å². The molecule has 4 aromatic rings. The van der Waals surface area contributed by atoms with Gasteiger partial charge in [-0.25, -0.2) is 9.37 Å². The van der Waals surface area contributed by atoms with Crippen molar-refractivity contribution in [3.8, 4) is 27.8 Å². The smallest absolute Gasteiger partial charge is 0.123 e. The maximum Gasteiger partial charge on any atom is 0.123 e. The van der Waals surface area contributed by atoms with Crippen molar-refractivity contribution in [1.82, 2.24) is 9.97 Å². The lowest BCUT2D eigenvalue weighted by molar-refractivity contribution is 0.628. The number of thioether (sulfide) groups is 1. The fraction of sp³-hybridized carbons (Fsp3) is 0.0455. The molecule has 0 aliphatic heterocycles. The van der Waals surface area contributed by atoms with E-state index in [1.54, 1.807) is 35.9 Å². The van der Waals surface area contributed by atoms with Crippen LogP contribution < -0.4 is 0 Å². The van der Waals surface area contributed by atoms with Gasteiger partial charge in [0.1, 0.15) is 16.9 Å². The molecule has 28 heavy (non-hydrogen) atoms. The van der Waals surface area contributed by atoms with Crippen LogP contribution in [-0.2, 0) is 5.75 Å². The van der Waals surface area contributed by atoms with Gasteiger partial charge in [0, 0.05) is 23.7 Å². The Hall–Kier alpha value is -3.01. The van der Waals surface area contributed by atoms with Crippen molar-refractivity contribution >= 4 is 23.1 Å². The molecule has 0 aliphatic carbocycles. The highest BCUT2D eigenvalue weighted by Crippen LogP contribution is 2.36. The van der Waals surface area contributed by atoms with Crippen LogP contribution in [0.1, 0.15) is 11.1 Å². The molecule has 0 radical (unpaired) electrons. The molecule has 0 saturated carbocycles. The Balaban J connectivity index is 1.81. The molecule has 0 amide bonds. The van der Waals surface area contributed by atoms with Gasteiger partial charge in [0.05, 0.1) is 16.1 Å². The molecule has 0 atom stereocenters. The standard InChI is InChI=1S/C22H14FN3S2/c23-17-5-3-16(4-6-17)18-12-20(21-2-1-11-27-21)26-22(19(18)13-24)28-14-15-7-9-25-10-8-15/h1-12H,14H2. The van der Waals surface area contributed by atoms with Gasteiger partial charge in [0.25, 0.3) is 0 Å². The molecule has 6 heteroatoms. The molecule has 0 aliphatic rings. The zero-order chi connectivity index (χ0) is 19.3. The van der Waals surface area contributed by atoms with Crippen LogP contribution in [0.25, 0.3) is 21.7 Å².